The van der Waals surface area contributed by atoms with Gasteiger partial charge >= 0.3 is 0 Å². The van der Waals surface area contributed by atoms with Crippen LogP contribution >= 0.6 is 34.7 Å². The average Bonchev–Trinajstić information content (AvgIpc) is 3.63. The van der Waals surface area contributed by atoms with E-state index in [1.54, 1.807) is 23.1 Å². The Labute approximate surface area is 329 Å². The van der Waals surface area contributed by atoms with Crippen LogP contribution in [0.25, 0.3) is 5.00 Å². The molecule has 54 heavy (non-hydrogen) atoms. The number of piperidine rings is 1. The van der Waals surface area contributed by atoms with E-state index in [-0.39, 0.29) is 23.5 Å². The van der Waals surface area contributed by atoms with Crippen LogP contribution in [0.4, 0.5) is 0 Å². The number of nitrogens with zero attached hydrogens (tertiary/aromatic N) is 4. The number of benzene rings is 2. The fourth-order valence-corrected chi connectivity index (χ4v) is 8.90. The normalized spacial score (nSPS) is 18.1. The van der Waals surface area contributed by atoms with E-state index in [0.717, 1.165) is 51.0 Å². The number of thiophene rings is 1. The number of hydrogen-bond acceptors (Lipinski definition) is 11. The molecular weight excluding hydrogens is 748 g/mol. The SMILES string of the molecule is Cc1sc2c(c1C)C(c1ccc(Cl)cc1)=N[C@@H](CC(=O)NCCOCCOCCOCCCc1cccc(SC3CCC(=O)NC3O)c1)c1nnc(C)n1-2. The van der Waals surface area contributed by atoms with E-state index in [4.69, 9.17) is 30.8 Å². The van der Waals surface area contributed by atoms with Crippen molar-refractivity contribution in [1.29, 1.82) is 0 Å². The highest BCUT2D eigenvalue weighted by Gasteiger charge is 2.32. The fraction of sp³-hybridized carbons (Fsp3) is 0.462. The van der Waals surface area contributed by atoms with Crippen molar-refractivity contribution >= 4 is 52.2 Å². The second-order valence-electron chi connectivity index (χ2n) is 13.3. The number of fused-ring (bicyclic) bond motifs is 3. The van der Waals surface area contributed by atoms with Crippen LogP contribution < -0.4 is 10.6 Å². The molecular formula is C39H47ClN6O6S2. The third-order valence-electron chi connectivity index (χ3n) is 9.31. The summed E-state index contributed by atoms with van der Waals surface area (Å²) in [4.78, 5) is 32.1. The third kappa shape index (κ3) is 10.4. The minimum Gasteiger partial charge on any atom is -0.379 e. The third-order valence-corrected chi connectivity index (χ3v) is 12.1. The van der Waals surface area contributed by atoms with Crippen molar-refractivity contribution in [3.63, 3.8) is 0 Å². The Morgan fingerprint density at radius 1 is 1.04 bits per heavy atom. The van der Waals surface area contributed by atoms with Gasteiger partial charge in [-0.05, 0) is 75.4 Å². The maximum absolute atomic E-state index is 13.2. The zero-order valence-corrected chi connectivity index (χ0v) is 33.2. The van der Waals surface area contributed by atoms with Gasteiger partial charge in [0.05, 0.1) is 50.4 Å². The van der Waals surface area contributed by atoms with Gasteiger partial charge in [-0.2, -0.15) is 0 Å². The summed E-state index contributed by atoms with van der Waals surface area (Å²) in [6, 6.07) is 15.4. The molecule has 3 atom stereocenters. The number of hydrogen-bond donors (Lipinski definition) is 3. The number of halogens is 1. The molecule has 2 aromatic carbocycles. The molecule has 0 bridgehead atoms. The second-order valence-corrected chi connectivity index (χ2v) is 16.2. The summed E-state index contributed by atoms with van der Waals surface area (Å²) < 4.78 is 19.1. The summed E-state index contributed by atoms with van der Waals surface area (Å²) in [7, 11) is 0. The molecule has 0 saturated carbocycles. The van der Waals surface area contributed by atoms with Crippen molar-refractivity contribution in [3.8, 4) is 5.00 Å². The van der Waals surface area contributed by atoms with Crippen molar-refractivity contribution < 1.29 is 28.9 Å². The number of aryl methyl sites for hydroxylation is 3. The predicted octanol–water partition coefficient (Wildman–Crippen LogP) is 5.68. The van der Waals surface area contributed by atoms with Gasteiger partial charge in [0, 0.05) is 45.5 Å². The maximum Gasteiger partial charge on any atom is 0.222 e. The van der Waals surface area contributed by atoms with Crippen LogP contribution in [0.1, 0.15) is 70.5 Å². The number of aliphatic imine (C=N–C) groups is 1. The monoisotopic (exact) mass is 794 g/mol. The standard InChI is InChI=1S/C39H47ClN6O6S2/c1-24-25(2)53-39-35(24)36(28-9-11-29(40)12-10-28)42-31(37-45-44-26(3)46(37)39)23-34(48)41-15-17-51-19-21-52-20-18-50-16-5-7-27-6-4-8-30(22-27)54-32-13-14-33(47)43-38(32)49/h4,6,8-12,22,31-32,38,49H,5,7,13-21,23H2,1-3H3,(H,41,48)(H,43,47)/t31-,32?,38?/m0/s1. The van der Waals surface area contributed by atoms with Crippen molar-refractivity contribution in [2.24, 2.45) is 4.99 Å². The molecule has 288 valence electrons. The van der Waals surface area contributed by atoms with Crippen molar-refractivity contribution in [2.75, 3.05) is 46.2 Å². The number of carbonyl (C=O) groups is 2. The van der Waals surface area contributed by atoms with Crippen molar-refractivity contribution in [1.82, 2.24) is 25.4 Å². The molecule has 2 aromatic heterocycles. The summed E-state index contributed by atoms with van der Waals surface area (Å²) in [5.74, 6) is 1.14. The van der Waals surface area contributed by atoms with Gasteiger partial charge in [0.25, 0.3) is 0 Å². The largest absolute Gasteiger partial charge is 0.379 e. The summed E-state index contributed by atoms with van der Waals surface area (Å²) in [5, 5.41) is 26.2. The smallest absolute Gasteiger partial charge is 0.222 e. The first-order chi connectivity index (χ1) is 26.2. The number of aliphatic hydroxyl groups excluding tert-OH is 1. The van der Waals surface area contributed by atoms with E-state index >= 15 is 0 Å². The average molecular weight is 795 g/mol. The highest BCUT2D eigenvalue weighted by molar-refractivity contribution is 8.00. The summed E-state index contributed by atoms with van der Waals surface area (Å²) in [6.45, 7) is 9.29. The number of ether oxygens (including phenoxy) is 3. The molecule has 2 aliphatic rings. The quantitative estimate of drug-likeness (QED) is 0.108. The van der Waals surface area contributed by atoms with E-state index in [1.807, 2.05) is 47.9 Å². The number of aromatic nitrogens is 3. The summed E-state index contributed by atoms with van der Waals surface area (Å²) >= 11 is 9.49. The molecule has 2 unspecified atom stereocenters. The number of rotatable bonds is 18. The summed E-state index contributed by atoms with van der Waals surface area (Å²) in [6.07, 6.45) is 2.18. The molecule has 0 spiro atoms. The molecule has 12 nitrogen and oxygen atoms in total. The van der Waals surface area contributed by atoms with Crippen LogP contribution in [0.15, 0.2) is 58.4 Å². The predicted molar refractivity (Wildman–Crippen MR) is 211 cm³/mol. The number of aliphatic hydroxyl groups is 1. The zero-order chi connectivity index (χ0) is 38.0. The molecule has 4 heterocycles. The van der Waals surface area contributed by atoms with Gasteiger partial charge in [0.1, 0.15) is 23.1 Å². The Balaban J connectivity index is 0.863. The maximum atomic E-state index is 13.2. The first kappa shape index (κ1) is 40.0. The van der Waals surface area contributed by atoms with E-state index < -0.39 is 12.3 Å². The lowest BCUT2D eigenvalue weighted by molar-refractivity contribution is -0.126. The van der Waals surface area contributed by atoms with Gasteiger partial charge in [0.15, 0.2) is 5.82 Å². The van der Waals surface area contributed by atoms with Crippen molar-refractivity contribution in [3.05, 3.63) is 92.3 Å². The van der Waals surface area contributed by atoms with Gasteiger partial charge in [-0.25, -0.2) is 0 Å². The Kier molecular flexibility index (Phi) is 14.3. The van der Waals surface area contributed by atoms with Gasteiger partial charge in [-0.3, -0.25) is 19.1 Å². The highest BCUT2D eigenvalue weighted by atomic mass is 35.5. The minimum absolute atomic E-state index is 0.0409. The Bertz CT molecular complexity index is 1930. The molecule has 15 heteroatoms. The Morgan fingerprint density at radius 2 is 1.78 bits per heavy atom. The van der Waals surface area contributed by atoms with Crippen LogP contribution in [0.3, 0.4) is 0 Å². The minimum atomic E-state index is -0.815. The number of nitrogens with one attached hydrogen (secondary N) is 2. The molecule has 2 aliphatic heterocycles. The van der Waals surface area contributed by atoms with Crippen LogP contribution in [-0.4, -0.2) is 95.1 Å². The van der Waals surface area contributed by atoms with E-state index in [1.165, 1.54) is 10.4 Å². The second kappa shape index (κ2) is 19.3. The molecule has 3 N–H and O–H groups in total. The van der Waals surface area contributed by atoms with Crippen LogP contribution in [0.2, 0.25) is 5.02 Å². The lowest BCUT2D eigenvalue weighted by Gasteiger charge is -2.27. The van der Waals surface area contributed by atoms with E-state index in [9.17, 15) is 14.7 Å². The van der Waals surface area contributed by atoms with Crippen molar-refractivity contribution in [2.45, 2.75) is 75.3 Å². The fourth-order valence-electron chi connectivity index (χ4n) is 6.40. The van der Waals surface area contributed by atoms with E-state index in [2.05, 4.69) is 46.8 Å². The Morgan fingerprint density at radius 3 is 2.54 bits per heavy atom. The summed E-state index contributed by atoms with van der Waals surface area (Å²) in [5.41, 5.74) is 5.12. The van der Waals surface area contributed by atoms with Gasteiger partial charge in [0.2, 0.25) is 11.8 Å². The van der Waals surface area contributed by atoms with Gasteiger partial charge in [-0.15, -0.1) is 33.3 Å². The molecule has 4 aromatic rings. The molecule has 1 saturated heterocycles. The Hall–Kier alpha value is -3.63. The molecule has 0 aliphatic carbocycles. The lowest BCUT2D eigenvalue weighted by Crippen LogP contribution is -2.46. The molecule has 1 fully saturated rings. The first-order valence-corrected chi connectivity index (χ1v) is 20.3. The highest BCUT2D eigenvalue weighted by Crippen LogP contribution is 2.39. The van der Waals surface area contributed by atoms with Gasteiger partial charge in [-0.1, -0.05) is 35.9 Å². The van der Waals surface area contributed by atoms with Crippen LogP contribution in [-0.2, 0) is 30.2 Å². The first-order valence-electron chi connectivity index (χ1n) is 18.3. The zero-order valence-electron chi connectivity index (χ0n) is 30.8. The number of amides is 2. The molecule has 2 amide bonds. The van der Waals surface area contributed by atoms with Crippen LogP contribution in [0, 0.1) is 20.8 Å². The van der Waals surface area contributed by atoms with E-state index in [0.29, 0.717) is 69.9 Å². The van der Waals surface area contributed by atoms with Gasteiger partial charge < -0.3 is 30.0 Å². The van der Waals surface area contributed by atoms with Crippen LogP contribution in [0.5, 0.6) is 0 Å². The topological polar surface area (TPSA) is 149 Å². The molecule has 6 rings (SSSR count). The lowest BCUT2D eigenvalue weighted by atomic mass is 9.99. The number of thioether (sulfide) groups is 1. The molecule has 0 radical (unpaired) electrons. The number of carbonyl (C=O) groups excluding carboxylic acids is 2.